The van der Waals surface area contributed by atoms with E-state index in [1.54, 1.807) is 0 Å². The normalized spacial score (nSPS) is 14.6. The van der Waals surface area contributed by atoms with Gasteiger partial charge in [0.25, 0.3) is 0 Å². The fourth-order valence-electron chi connectivity index (χ4n) is 4.15. The van der Waals surface area contributed by atoms with Crippen molar-refractivity contribution in [2.45, 2.75) is 116 Å². The van der Waals surface area contributed by atoms with Crippen LogP contribution in [0.3, 0.4) is 0 Å². The highest BCUT2D eigenvalue weighted by Gasteiger charge is 2.25. The average molecular weight is 718 g/mol. The molecule has 0 bridgehead atoms. The minimum Gasteiger partial charge on any atom is -0.462 e. The van der Waals surface area contributed by atoms with Gasteiger partial charge < -0.3 is 20.1 Å². The molecule has 9 nitrogen and oxygen atoms in total. The molecule has 0 spiro atoms. The van der Waals surface area contributed by atoms with Gasteiger partial charge in [-0.1, -0.05) is 130 Å². The van der Waals surface area contributed by atoms with Gasteiger partial charge in [-0.2, -0.15) is 0 Å². The summed E-state index contributed by atoms with van der Waals surface area (Å²) in [6.07, 6.45) is 44.6. The predicted octanol–water partition coefficient (Wildman–Crippen LogP) is 9.87. The van der Waals surface area contributed by atoms with Crippen molar-refractivity contribution in [1.29, 1.82) is 0 Å². The SMILES string of the molecule is CC/C=C/C=C/C=C/CCCCCCCC(=O)OC(COC(=O)CC/C=C/C/C=C/C/C=C/C/C=C/C/C=C/CC)COP(=O)(O)OCCN. The molecule has 0 saturated heterocycles. The number of carbonyl (C=O) groups excluding carboxylic acids is 2. The van der Waals surface area contributed by atoms with Crippen LogP contribution in [0.25, 0.3) is 0 Å². The first kappa shape index (κ1) is 46.9. The van der Waals surface area contributed by atoms with Crippen molar-refractivity contribution < 1.29 is 37.6 Å². The minimum absolute atomic E-state index is 0.0345. The predicted molar refractivity (Wildman–Crippen MR) is 205 cm³/mol. The van der Waals surface area contributed by atoms with Gasteiger partial charge in [0.15, 0.2) is 6.10 Å². The summed E-state index contributed by atoms with van der Waals surface area (Å²) in [6, 6.07) is 0. The lowest BCUT2D eigenvalue weighted by Crippen LogP contribution is -2.29. The second-order valence-electron chi connectivity index (χ2n) is 11.4. The summed E-state index contributed by atoms with van der Waals surface area (Å²) in [6.45, 7) is 3.32. The Labute approximate surface area is 302 Å². The summed E-state index contributed by atoms with van der Waals surface area (Å²) in [4.78, 5) is 34.6. The maximum atomic E-state index is 12.5. The molecule has 50 heavy (non-hydrogen) atoms. The highest BCUT2D eigenvalue weighted by Crippen LogP contribution is 2.43. The van der Waals surface area contributed by atoms with E-state index in [1.807, 2.05) is 30.4 Å². The van der Waals surface area contributed by atoms with E-state index in [0.29, 0.717) is 12.8 Å². The van der Waals surface area contributed by atoms with Crippen LogP contribution < -0.4 is 5.73 Å². The van der Waals surface area contributed by atoms with Gasteiger partial charge in [0.1, 0.15) is 6.61 Å². The number of hydrogen-bond acceptors (Lipinski definition) is 8. The Morgan fingerprint density at radius 3 is 1.80 bits per heavy atom. The van der Waals surface area contributed by atoms with Gasteiger partial charge in [0, 0.05) is 19.4 Å². The fraction of sp³-hybridized carbons (Fsp3) is 0.550. The van der Waals surface area contributed by atoms with E-state index in [2.05, 4.69) is 80.7 Å². The van der Waals surface area contributed by atoms with Crippen LogP contribution in [0.2, 0.25) is 0 Å². The molecule has 0 heterocycles. The number of ether oxygens (including phenoxy) is 2. The lowest BCUT2D eigenvalue weighted by molar-refractivity contribution is -0.161. The van der Waals surface area contributed by atoms with E-state index in [9.17, 15) is 19.0 Å². The number of hydrogen-bond donors (Lipinski definition) is 2. The van der Waals surface area contributed by atoms with Crippen molar-refractivity contribution in [3.8, 4) is 0 Å². The lowest BCUT2D eigenvalue weighted by atomic mass is 10.1. The van der Waals surface area contributed by atoms with E-state index in [4.69, 9.17) is 24.3 Å². The van der Waals surface area contributed by atoms with E-state index < -0.39 is 32.5 Å². The van der Waals surface area contributed by atoms with Crippen LogP contribution >= 0.6 is 7.82 Å². The number of nitrogens with two attached hydrogens (primary N) is 1. The number of rotatable bonds is 32. The van der Waals surface area contributed by atoms with E-state index in [1.165, 1.54) is 0 Å². The molecule has 0 aliphatic carbocycles. The van der Waals surface area contributed by atoms with E-state index >= 15 is 0 Å². The van der Waals surface area contributed by atoms with Gasteiger partial charge in [0.2, 0.25) is 0 Å². The second-order valence-corrected chi connectivity index (χ2v) is 12.8. The van der Waals surface area contributed by atoms with Crippen LogP contribution in [-0.2, 0) is 32.7 Å². The zero-order chi connectivity index (χ0) is 36.8. The van der Waals surface area contributed by atoms with Crippen LogP contribution in [-0.4, -0.2) is 49.3 Å². The molecule has 0 radical (unpaired) electrons. The Bertz CT molecular complexity index is 1140. The minimum atomic E-state index is -4.40. The summed E-state index contributed by atoms with van der Waals surface area (Å²) in [5.74, 6) is -0.964. The van der Waals surface area contributed by atoms with Gasteiger partial charge in [-0.25, -0.2) is 4.57 Å². The molecule has 2 atom stereocenters. The van der Waals surface area contributed by atoms with Crippen LogP contribution in [0.4, 0.5) is 0 Å². The van der Waals surface area contributed by atoms with Crippen molar-refractivity contribution >= 4 is 19.8 Å². The van der Waals surface area contributed by atoms with Crippen LogP contribution in [0, 0.1) is 0 Å². The van der Waals surface area contributed by atoms with Crippen LogP contribution in [0.15, 0.2) is 97.2 Å². The lowest BCUT2D eigenvalue weighted by Gasteiger charge is -2.19. The highest BCUT2D eigenvalue weighted by atomic mass is 31.2. The Hall–Kier alpha value is -3.07. The standard InChI is InChI=1S/C40H64NO8P/c1-3-5-7-9-11-13-15-17-18-19-21-22-24-26-28-30-32-39(42)46-36-38(37-48-50(44,45)47-35-34-41)49-40(43)33-31-29-27-25-23-20-16-14-12-10-8-6-4-2/h5-8,10-14,16-18,21-22,26,28,38H,3-4,9,15,19-20,23-25,27,29-37,41H2,1-2H3,(H,44,45)/b7-5+,8-6+,12-10+,13-11+,16-14+,18-17+,22-21+,28-26+. The fourth-order valence-corrected chi connectivity index (χ4v) is 4.92. The Kier molecular flexibility index (Phi) is 33.6. The van der Waals surface area contributed by atoms with Crippen LogP contribution in [0.1, 0.15) is 110 Å². The molecule has 0 amide bonds. The molecule has 3 N–H and O–H groups in total. The molecule has 0 aromatic carbocycles. The molecule has 0 aromatic rings. The number of carbonyl (C=O) groups is 2. The summed E-state index contributed by atoms with van der Waals surface area (Å²) in [7, 11) is -4.40. The van der Waals surface area contributed by atoms with Gasteiger partial charge in [0.05, 0.1) is 13.2 Å². The molecule has 0 aliphatic heterocycles. The van der Waals surface area contributed by atoms with E-state index in [0.717, 1.165) is 70.6 Å². The monoisotopic (exact) mass is 717 g/mol. The third-order valence-corrected chi connectivity index (χ3v) is 7.77. The molecule has 0 aliphatic rings. The summed E-state index contributed by atoms with van der Waals surface area (Å²) in [5.41, 5.74) is 5.32. The summed E-state index contributed by atoms with van der Waals surface area (Å²) in [5, 5.41) is 0. The number of allylic oxidation sites excluding steroid dienone is 16. The van der Waals surface area contributed by atoms with Gasteiger partial charge in [-0.3, -0.25) is 18.6 Å². The Morgan fingerprint density at radius 1 is 0.620 bits per heavy atom. The van der Waals surface area contributed by atoms with Crippen molar-refractivity contribution in [1.82, 2.24) is 0 Å². The first-order valence-corrected chi connectivity index (χ1v) is 19.7. The van der Waals surface area contributed by atoms with Crippen molar-refractivity contribution in [2.24, 2.45) is 5.73 Å². The molecular formula is C40H64NO8P. The highest BCUT2D eigenvalue weighted by molar-refractivity contribution is 7.47. The first-order valence-electron chi connectivity index (χ1n) is 18.2. The Balaban J connectivity index is 4.43. The number of phosphoric acid groups is 1. The maximum absolute atomic E-state index is 12.5. The van der Waals surface area contributed by atoms with Crippen LogP contribution in [0.5, 0.6) is 0 Å². The van der Waals surface area contributed by atoms with E-state index in [-0.39, 0.29) is 32.6 Å². The summed E-state index contributed by atoms with van der Waals surface area (Å²) < 4.78 is 32.5. The Morgan fingerprint density at radius 2 is 1.18 bits per heavy atom. The molecular weight excluding hydrogens is 653 g/mol. The third-order valence-electron chi connectivity index (χ3n) is 6.79. The molecule has 0 aromatic heterocycles. The number of phosphoric ester groups is 1. The largest absolute Gasteiger partial charge is 0.472 e. The third kappa shape index (κ3) is 34.8. The molecule has 0 fully saturated rings. The molecule has 2 unspecified atom stereocenters. The van der Waals surface area contributed by atoms with Gasteiger partial charge in [-0.15, -0.1) is 0 Å². The molecule has 0 rings (SSSR count). The molecule has 0 saturated carbocycles. The molecule has 282 valence electrons. The quantitative estimate of drug-likeness (QED) is 0.0229. The topological polar surface area (TPSA) is 134 Å². The zero-order valence-electron chi connectivity index (χ0n) is 30.6. The first-order chi connectivity index (χ1) is 24.3. The number of esters is 2. The van der Waals surface area contributed by atoms with Crippen molar-refractivity contribution in [3.05, 3.63) is 97.2 Å². The summed E-state index contributed by atoms with van der Waals surface area (Å²) >= 11 is 0. The second kappa shape index (κ2) is 35.7. The van der Waals surface area contributed by atoms with Crippen molar-refractivity contribution in [3.63, 3.8) is 0 Å². The smallest absolute Gasteiger partial charge is 0.462 e. The number of unbranched alkanes of at least 4 members (excludes halogenated alkanes) is 5. The van der Waals surface area contributed by atoms with Gasteiger partial charge >= 0.3 is 19.8 Å². The van der Waals surface area contributed by atoms with Crippen molar-refractivity contribution in [2.75, 3.05) is 26.4 Å². The van der Waals surface area contributed by atoms with Gasteiger partial charge in [-0.05, 0) is 64.2 Å². The zero-order valence-corrected chi connectivity index (χ0v) is 31.5. The maximum Gasteiger partial charge on any atom is 0.472 e. The molecule has 10 heteroatoms. The average Bonchev–Trinajstić information content (AvgIpc) is 3.10.